The summed E-state index contributed by atoms with van der Waals surface area (Å²) in [6, 6.07) is 2.30. The molecule has 0 aliphatic rings. The molecule has 0 radical (unpaired) electrons. The molecule has 1 N–H and O–H groups in total. The van der Waals surface area contributed by atoms with E-state index in [2.05, 4.69) is 0 Å². The second kappa shape index (κ2) is 3.42. The van der Waals surface area contributed by atoms with Gasteiger partial charge in [0.2, 0.25) is 0 Å². The van der Waals surface area contributed by atoms with Gasteiger partial charge in [-0.1, -0.05) is 0 Å². The van der Waals surface area contributed by atoms with Crippen molar-refractivity contribution in [2.24, 2.45) is 0 Å². The first-order valence-corrected chi connectivity index (χ1v) is 3.09. The lowest BCUT2D eigenvalue weighted by atomic mass is 10.3. The van der Waals surface area contributed by atoms with Crippen LogP contribution in [0.25, 0.3) is 0 Å². The molecule has 12 heavy (non-hydrogen) atoms. The molecule has 0 amide bonds. The van der Waals surface area contributed by atoms with Gasteiger partial charge in [-0.25, -0.2) is 8.78 Å². The average Bonchev–Trinajstić information content (AvgIpc) is 1.96. The van der Waals surface area contributed by atoms with Crippen LogP contribution in [0.1, 0.15) is 0 Å². The zero-order valence-electron chi connectivity index (χ0n) is 5.82. The Morgan fingerprint density at radius 2 is 1.83 bits per heavy atom. The predicted octanol–water partition coefficient (Wildman–Crippen LogP) is 2.60. The summed E-state index contributed by atoms with van der Waals surface area (Å²) < 4.78 is 48.2. The highest BCUT2D eigenvalue weighted by Crippen LogP contribution is 2.16. The van der Waals surface area contributed by atoms with Crippen molar-refractivity contribution in [3.63, 3.8) is 0 Å². The highest BCUT2D eigenvalue weighted by atomic mass is 19.3. The summed E-state index contributed by atoms with van der Waals surface area (Å²) in [7, 11) is 0. The molecule has 0 bridgehead atoms. The molecule has 66 valence electrons. The SMILES string of the molecule is Fc1ccc(F)c(NC(F)F)c1. The van der Waals surface area contributed by atoms with Crippen LogP contribution in [0.5, 0.6) is 0 Å². The summed E-state index contributed by atoms with van der Waals surface area (Å²) in [5.74, 6) is -1.67. The van der Waals surface area contributed by atoms with Gasteiger partial charge in [0.05, 0.1) is 5.69 Å². The Kier molecular flexibility index (Phi) is 2.52. The van der Waals surface area contributed by atoms with Crippen molar-refractivity contribution in [1.29, 1.82) is 0 Å². The molecule has 1 rings (SSSR count). The molecule has 0 atom stereocenters. The van der Waals surface area contributed by atoms with Crippen LogP contribution in [0.4, 0.5) is 23.2 Å². The summed E-state index contributed by atoms with van der Waals surface area (Å²) in [5, 5.41) is 1.47. The molecule has 0 heterocycles. The second-order valence-electron chi connectivity index (χ2n) is 2.07. The average molecular weight is 179 g/mol. The summed E-state index contributed by atoms with van der Waals surface area (Å²) in [6.45, 7) is -2.90. The minimum Gasteiger partial charge on any atom is -0.327 e. The van der Waals surface area contributed by atoms with Gasteiger partial charge in [-0.05, 0) is 12.1 Å². The van der Waals surface area contributed by atoms with Crippen LogP contribution in [0.3, 0.4) is 0 Å². The van der Waals surface area contributed by atoms with Crippen molar-refractivity contribution in [1.82, 2.24) is 0 Å². The molecule has 0 aliphatic carbocycles. The molecule has 1 aromatic rings. The van der Waals surface area contributed by atoms with Crippen LogP contribution in [0.15, 0.2) is 18.2 Å². The maximum absolute atomic E-state index is 12.6. The van der Waals surface area contributed by atoms with Crippen molar-refractivity contribution in [2.75, 3.05) is 5.32 Å². The Hall–Kier alpha value is -1.26. The monoisotopic (exact) mass is 179 g/mol. The zero-order valence-corrected chi connectivity index (χ0v) is 5.82. The number of hydrogen-bond donors (Lipinski definition) is 1. The van der Waals surface area contributed by atoms with Crippen LogP contribution >= 0.6 is 0 Å². The first-order valence-electron chi connectivity index (χ1n) is 3.09. The largest absolute Gasteiger partial charge is 0.327 e. The second-order valence-corrected chi connectivity index (χ2v) is 2.07. The van der Waals surface area contributed by atoms with Gasteiger partial charge in [-0.2, -0.15) is 8.78 Å². The van der Waals surface area contributed by atoms with Gasteiger partial charge in [0.15, 0.2) is 0 Å². The number of anilines is 1. The molecule has 0 aliphatic heterocycles. The molecule has 0 aromatic heterocycles. The minimum absolute atomic E-state index is 0.537. The van der Waals surface area contributed by atoms with Gasteiger partial charge < -0.3 is 5.32 Å². The Bertz CT molecular complexity index is 274. The van der Waals surface area contributed by atoms with Gasteiger partial charge in [0.1, 0.15) is 11.6 Å². The fraction of sp³-hybridized carbons (Fsp3) is 0.143. The van der Waals surface area contributed by atoms with Crippen LogP contribution in [-0.2, 0) is 0 Å². The summed E-state index contributed by atoms with van der Waals surface area (Å²) in [4.78, 5) is 0. The molecule has 1 nitrogen and oxygen atoms in total. The molecular weight excluding hydrogens is 174 g/mol. The molecule has 0 unspecified atom stereocenters. The van der Waals surface area contributed by atoms with Crippen LogP contribution in [0.2, 0.25) is 0 Å². The molecule has 1 aromatic carbocycles. The van der Waals surface area contributed by atoms with Gasteiger partial charge >= 0.3 is 6.55 Å². The van der Waals surface area contributed by atoms with Crippen LogP contribution < -0.4 is 5.32 Å². The molecule has 0 spiro atoms. The van der Waals surface area contributed by atoms with Gasteiger partial charge in [-0.15, -0.1) is 0 Å². The van der Waals surface area contributed by atoms with E-state index in [-0.39, 0.29) is 0 Å². The minimum atomic E-state index is -2.90. The molecule has 0 saturated carbocycles. The van der Waals surface area contributed by atoms with Gasteiger partial charge in [-0.3, -0.25) is 0 Å². The Morgan fingerprint density at radius 3 is 2.42 bits per heavy atom. The van der Waals surface area contributed by atoms with E-state index >= 15 is 0 Å². The fourth-order valence-electron chi connectivity index (χ4n) is 0.726. The zero-order chi connectivity index (χ0) is 9.14. The van der Waals surface area contributed by atoms with E-state index in [1.807, 2.05) is 0 Å². The van der Waals surface area contributed by atoms with Crippen molar-refractivity contribution in [2.45, 2.75) is 6.55 Å². The topological polar surface area (TPSA) is 12.0 Å². The maximum Gasteiger partial charge on any atom is 0.313 e. The summed E-state index contributed by atoms with van der Waals surface area (Å²) in [5.41, 5.74) is -0.537. The third-order valence-electron chi connectivity index (χ3n) is 1.19. The lowest BCUT2D eigenvalue weighted by molar-refractivity contribution is 0.181. The van der Waals surface area contributed by atoms with E-state index in [0.717, 1.165) is 12.1 Å². The summed E-state index contributed by atoms with van der Waals surface area (Å²) >= 11 is 0. The van der Waals surface area contributed by atoms with E-state index in [9.17, 15) is 17.6 Å². The highest BCUT2D eigenvalue weighted by Gasteiger charge is 2.07. The van der Waals surface area contributed by atoms with E-state index in [0.29, 0.717) is 6.07 Å². The lowest BCUT2D eigenvalue weighted by Crippen LogP contribution is -2.08. The smallest absolute Gasteiger partial charge is 0.313 e. The molecule has 0 fully saturated rings. The van der Waals surface area contributed by atoms with E-state index in [1.165, 1.54) is 5.32 Å². The predicted molar refractivity (Wildman–Crippen MR) is 36.0 cm³/mol. The highest BCUT2D eigenvalue weighted by molar-refractivity contribution is 5.44. The third kappa shape index (κ3) is 2.11. The van der Waals surface area contributed by atoms with E-state index in [1.54, 1.807) is 0 Å². The normalized spacial score (nSPS) is 10.4. The quantitative estimate of drug-likeness (QED) is 0.543. The van der Waals surface area contributed by atoms with Crippen molar-refractivity contribution in [3.05, 3.63) is 29.8 Å². The summed E-state index contributed by atoms with van der Waals surface area (Å²) in [6.07, 6.45) is 0. The number of hydrogen-bond acceptors (Lipinski definition) is 1. The number of alkyl halides is 2. The standard InChI is InChI=1S/C7H5F4N/c8-4-1-2-5(9)6(3-4)12-7(10)11/h1-3,7,12H. The molecule has 0 saturated heterocycles. The maximum atomic E-state index is 12.6. The van der Waals surface area contributed by atoms with E-state index in [4.69, 9.17) is 0 Å². The lowest BCUT2D eigenvalue weighted by Gasteiger charge is -2.05. The Balaban J connectivity index is 2.90. The first-order chi connectivity index (χ1) is 5.59. The third-order valence-corrected chi connectivity index (χ3v) is 1.19. The number of benzene rings is 1. The molecular formula is C7H5F4N. The van der Waals surface area contributed by atoms with Crippen molar-refractivity contribution >= 4 is 5.69 Å². The van der Waals surface area contributed by atoms with Crippen molar-refractivity contribution in [3.8, 4) is 0 Å². The number of rotatable bonds is 2. The van der Waals surface area contributed by atoms with Gasteiger partial charge in [0.25, 0.3) is 0 Å². The first kappa shape index (κ1) is 8.83. The Morgan fingerprint density at radius 1 is 1.17 bits per heavy atom. The van der Waals surface area contributed by atoms with Crippen LogP contribution in [0, 0.1) is 11.6 Å². The molecule has 5 heteroatoms. The number of nitrogens with one attached hydrogen (secondary N) is 1. The van der Waals surface area contributed by atoms with Crippen LogP contribution in [-0.4, -0.2) is 6.55 Å². The Labute approximate surface area is 66.0 Å². The fourth-order valence-corrected chi connectivity index (χ4v) is 0.726. The van der Waals surface area contributed by atoms with Crippen molar-refractivity contribution < 1.29 is 17.6 Å². The number of halogens is 4. The van der Waals surface area contributed by atoms with E-state index < -0.39 is 23.9 Å². The van der Waals surface area contributed by atoms with Gasteiger partial charge in [0, 0.05) is 6.07 Å².